The summed E-state index contributed by atoms with van der Waals surface area (Å²) in [6, 6.07) is 17.7. The van der Waals surface area contributed by atoms with Crippen molar-refractivity contribution < 1.29 is 14.0 Å². The molecule has 1 aliphatic carbocycles. The molecule has 4 rings (SSSR count). The Labute approximate surface area is 210 Å². The van der Waals surface area contributed by atoms with E-state index in [2.05, 4.69) is 5.32 Å². The molecule has 1 heterocycles. The molecule has 0 unspecified atom stereocenters. The van der Waals surface area contributed by atoms with E-state index in [0.717, 1.165) is 53.8 Å². The Morgan fingerprint density at radius 1 is 1.00 bits per heavy atom. The SMILES string of the molecule is Cc1cccc(NC(=O)N(CC(=O)N(Cc2ccc(F)cc2)Cc2cccs2)C2CCCCC2)c1. The Morgan fingerprint density at radius 2 is 1.77 bits per heavy atom. The fraction of sp³-hybridized carbons (Fsp3) is 0.357. The first-order chi connectivity index (χ1) is 17.0. The maximum Gasteiger partial charge on any atom is 0.322 e. The van der Waals surface area contributed by atoms with Crippen molar-refractivity contribution in [2.24, 2.45) is 0 Å². The lowest BCUT2D eigenvalue weighted by Crippen LogP contribution is -2.49. The predicted octanol–water partition coefficient (Wildman–Crippen LogP) is 6.59. The molecule has 2 aromatic carbocycles. The van der Waals surface area contributed by atoms with Crippen molar-refractivity contribution in [1.82, 2.24) is 9.80 Å². The van der Waals surface area contributed by atoms with E-state index >= 15 is 0 Å². The van der Waals surface area contributed by atoms with Gasteiger partial charge < -0.3 is 15.1 Å². The molecule has 0 radical (unpaired) electrons. The van der Waals surface area contributed by atoms with Crippen molar-refractivity contribution in [3.05, 3.63) is 87.9 Å². The van der Waals surface area contributed by atoms with Crippen LogP contribution in [0.2, 0.25) is 0 Å². The van der Waals surface area contributed by atoms with Gasteiger partial charge in [0.15, 0.2) is 0 Å². The molecule has 35 heavy (non-hydrogen) atoms. The number of hydrogen-bond acceptors (Lipinski definition) is 3. The van der Waals surface area contributed by atoms with Gasteiger partial charge in [0.2, 0.25) is 5.91 Å². The number of nitrogens with one attached hydrogen (secondary N) is 1. The standard InChI is InChI=1S/C28H32FN3O2S/c1-21-7-5-8-24(17-21)30-28(34)32(25-9-3-2-4-10-25)20-27(33)31(19-26-11-6-16-35-26)18-22-12-14-23(29)15-13-22/h5-8,11-17,25H,2-4,9-10,18-20H2,1H3,(H,30,34). The molecule has 3 aromatic rings. The van der Waals surface area contributed by atoms with E-state index in [9.17, 15) is 14.0 Å². The molecule has 5 nitrogen and oxygen atoms in total. The van der Waals surface area contributed by atoms with Gasteiger partial charge in [-0.25, -0.2) is 9.18 Å². The van der Waals surface area contributed by atoms with Gasteiger partial charge in [0, 0.05) is 23.2 Å². The normalized spacial score (nSPS) is 13.9. The fourth-order valence-electron chi connectivity index (χ4n) is 4.56. The summed E-state index contributed by atoms with van der Waals surface area (Å²) in [7, 11) is 0. The number of benzene rings is 2. The quantitative estimate of drug-likeness (QED) is 0.385. The highest BCUT2D eigenvalue weighted by Gasteiger charge is 2.29. The van der Waals surface area contributed by atoms with Crippen LogP contribution in [0.3, 0.4) is 0 Å². The summed E-state index contributed by atoms with van der Waals surface area (Å²) in [5.41, 5.74) is 2.64. The molecule has 7 heteroatoms. The zero-order valence-corrected chi connectivity index (χ0v) is 20.9. The molecule has 0 saturated heterocycles. The van der Waals surface area contributed by atoms with Crippen molar-refractivity contribution in [3.8, 4) is 0 Å². The van der Waals surface area contributed by atoms with Crippen LogP contribution in [0.5, 0.6) is 0 Å². The smallest absolute Gasteiger partial charge is 0.322 e. The zero-order chi connectivity index (χ0) is 24.6. The lowest BCUT2D eigenvalue weighted by Gasteiger charge is -2.35. The molecule has 0 spiro atoms. The first-order valence-electron chi connectivity index (χ1n) is 12.2. The molecular weight excluding hydrogens is 461 g/mol. The summed E-state index contributed by atoms with van der Waals surface area (Å²) >= 11 is 1.59. The van der Waals surface area contributed by atoms with Gasteiger partial charge in [-0.05, 0) is 66.6 Å². The van der Waals surface area contributed by atoms with E-state index in [0.29, 0.717) is 13.1 Å². The van der Waals surface area contributed by atoms with Crippen LogP contribution < -0.4 is 5.32 Å². The number of aryl methyl sites for hydroxylation is 1. The second kappa shape index (κ2) is 12.0. The van der Waals surface area contributed by atoms with Gasteiger partial charge in [-0.3, -0.25) is 4.79 Å². The van der Waals surface area contributed by atoms with Crippen molar-refractivity contribution in [2.75, 3.05) is 11.9 Å². The molecule has 0 bridgehead atoms. The molecule has 0 aliphatic heterocycles. The number of urea groups is 1. The number of anilines is 1. The Morgan fingerprint density at radius 3 is 2.46 bits per heavy atom. The van der Waals surface area contributed by atoms with E-state index in [1.165, 1.54) is 12.1 Å². The second-order valence-corrected chi connectivity index (χ2v) is 10.2. The van der Waals surface area contributed by atoms with Gasteiger partial charge in [-0.1, -0.05) is 49.6 Å². The summed E-state index contributed by atoms with van der Waals surface area (Å²) in [4.78, 5) is 31.6. The number of thiophene rings is 1. The third-order valence-electron chi connectivity index (χ3n) is 6.42. The summed E-state index contributed by atoms with van der Waals surface area (Å²) < 4.78 is 13.4. The Balaban J connectivity index is 1.53. The minimum absolute atomic E-state index is 0.00882. The maximum atomic E-state index is 13.6. The summed E-state index contributed by atoms with van der Waals surface area (Å²) in [5, 5.41) is 4.99. The van der Waals surface area contributed by atoms with Crippen molar-refractivity contribution in [3.63, 3.8) is 0 Å². The number of carbonyl (C=O) groups is 2. The zero-order valence-electron chi connectivity index (χ0n) is 20.1. The molecule has 1 N–H and O–H groups in total. The predicted molar refractivity (Wildman–Crippen MR) is 139 cm³/mol. The highest BCUT2D eigenvalue weighted by molar-refractivity contribution is 7.09. The summed E-state index contributed by atoms with van der Waals surface area (Å²) in [6.45, 7) is 2.80. The lowest BCUT2D eigenvalue weighted by molar-refractivity contribution is -0.133. The third kappa shape index (κ3) is 7.15. The molecular formula is C28H32FN3O2S. The highest BCUT2D eigenvalue weighted by atomic mass is 32.1. The summed E-state index contributed by atoms with van der Waals surface area (Å²) in [6.07, 6.45) is 5.07. The third-order valence-corrected chi connectivity index (χ3v) is 7.28. The summed E-state index contributed by atoms with van der Waals surface area (Å²) in [5.74, 6) is -0.422. The first-order valence-corrected chi connectivity index (χ1v) is 13.0. The van der Waals surface area contributed by atoms with Crippen LogP contribution in [0.15, 0.2) is 66.0 Å². The van der Waals surface area contributed by atoms with Crippen LogP contribution in [-0.4, -0.2) is 34.3 Å². The van der Waals surface area contributed by atoms with E-state index in [1.54, 1.807) is 33.3 Å². The minimum Gasteiger partial charge on any atom is -0.332 e. The number of halogens is 1. The number of carbonyl (C=O) groups excluding carboxylic acids is 2. The average molecular weight is 494 g/mol. The van der Waals surface area contributed by atoms with Crippen LogP contribution in [-0.2, 0) is 17.9 Å². The number of nitrogens with zero attached hydrogens (tertiary/aromatic N) is 2. The van der Waals surface area contributed by atoms with Crippen LogP contribution in [0.1, 0.15) is 48.1 Å². The van der Waals surface area contributed by atoms with E-state index < -0.39 is 0 Å². The van der Waals surface area contributed by atoms with Crippen LogP contribution in [0.25, 0.3) is 0 Å². The van der Waals surface area contributed by atoms with Gasteiger partial charge >= 0.3 is 6.03 Å². The van der Waals surface area contributed by atoms with Gasteiger partial charge in [-0.15, -0.1) is 11.3 Å². The number of rotatable bonds is 8. The molecule has 0 atom stereocenters. The van der Waals surface area contributed by atoms with Gasteiger partial charge in [0.05, 0.1) is 6.54 Å². The van der Waals surface area contributed by atoms with Crippen molar-refractivity contribution in [1.29, 1.82) is 0 Å². The van der Waals surface area contributed by atoms with Crippen LogP contribution >= 0.6 is 11.3 Å². The van der Waals surface area contributed by atoms with Crippen LogP contribution in [0.4, 0.5) is 14.9 Å². The maximum absolute atomic E-state index is 13.6. The van der Waals surface area contributed by atoms with Crippen LogP contribution in [0, 0.1) is 12.7 Å². The Hall–Kier alpha value is -3.19. The molecule has 1 aromatic heterocycles. The fourth-order valence-corrected chi connectivity index (χ4v) is 5.28. The molecule has 1 aliphatic rings. The van der Waals surface area contributed by atoms with Gasteiger partial charge in [0.25, 0.3) is 0 Å². The molecule has 184 valence electrons. The van der Waals surface area contributed by atoms with E-state index in [4.69, 9.17) is 0 Å². The molecule has 1 saturated carbocycles. The van der Waals surface area contributed by atoms with Crippen molar-refractivity contribution >= 4 is 29.0 Å². The van der Waals surface area contributed by atoms with E-state index in [1.807, 2.05) is 48.7 Å². The molecule has 1 fully saturated rings. The number of amides is 3. The monoisotopic (exact) mass is 493 g/mol. The topological polar surface area (TPSA) is 52.7 Å². The Kier molecular flexibility index (Phi) is 8.53. The first kappa shape index (κ1) is 24.9. The average Bonchev–Trinajstić information content (AvgIpc) is 3.37. The number of hydrogen-bond donors (Lipinski definition) is 1. The highest BCUT2D eigenvalue weighted by Crippen LogP contribution is 2.24. The molecule has 3 amide bonds. The largest absolute Gasteiger partial charge is 0.332 e. The minimum atomic E-state index is -0.304. The Bertz CT molecular complexity index is 1110. The lowest BCUT2D eigenvalue weighted by atomic mass is 9.94. The van der Waals surface area contributed by atoms with Gasteiger partial charge in [-0.2, -0.15) is 0 Å². The second-order valence-electron chi connectivity index (χ2n) is 9.17. The van der Waals surface area contributed by atoms with Crippen molar-refractivity contribution in [2.45, 2.75) is 58.2 Å². The van der Waals surface area contributed by atoms with E-state index in [-0.39, 0.29) is 30.3 Å². The van der Waals surface area contributed by atoms with Gasteiger partial charge in [0.1, 0.15) is 12.4 Å².